The maximum Gasteiger partial charge on any atom is 0.322 e. The van der Waals surface area contributed by atoms with Crippen LogP contribution in [0.1, 0.15) is 25.5 Å². The molecule has 0 bridgehead atoms. The van der Waals surface area contributed by atoms with Crippen molar-refractivity contribution in [1.29, 1.82) is 0 Å². The van der Waals surface area contributed by atoms with Crippen molar-refractivity contribution in [2.24, 2.45) is 22.2 Å². The number of nitrogens with two attached hydrogens (primary N) is 3. The summed E-state index contributed by atoms with van der Waals surface area (Å²) in [5.74, 6) is -3.74. The van der Waals surface area contributed by atoms with Gasteiger partial charge in [-0.25, -0.2) is 4.98 Å². The number of carboxylic acid groups (broad SMARTS) is 1. The molecule has 15 heteroatoms. The molecule has 0 aliphatic rings. The normalized spacial score (nSPS) is 14.3. The molecular weight excluding hydrogens is 438 g/mol. The van der Waals surface area contributed by atoms with Crippen LogP contribution in [-0.4, -0.2) is 87.2 Å². The number of carbonyl (C=O) groups excluding carboxylic acids is 3. The topological polar surface area (TPSA) is 264 Å². The Labute approximate surface area is 189 Å². The molecule has 0 saturated heterocycles. The minimum atomic E-state index is -1.45. The van der Waals surface area contributed by atoms with E-state index >= 15 is 0 Å². The number of imidazole rings is 1. The number of guanidine groups is 1. The molecule has 12 N–H and O–H groups in total. The summed E-state index contributed by atoms with van der Waals surface area (Å²) in [6.07, 6.45) is 2.14. The average Bonchev–Trinajstić information content (AvgIpc) is 3.24. The lowest BCUT2D eigenvalue weighted by Crippen LogP contribution is -2.58. The Bertz CT molecular complexity index is 823. The highest BCUT2D eigenvalue weighted by Gasteiger charge is 2.30. The molecule has 1 rings (SSSR count). The van der Waals surface area contributed by atoms with E-state index in [1.165, 1.54) is 19.4 Å². The average molecular weight is 470 g/mol. The summed E-state index contributed by atoms with van der Waals surface area (Å²) in [5.41, 5.74) is 17.1. The Morgan fingerprint density at radius 2 is 1.88 bits per heavy atom. The molecular formula is C18H31N9O6. The maximum atomic E-state index is 12.8. The number of nitrogens with zero attached hydrogens (tertiary/aromatic N) is 2. The monoisotopic (exact) mass is 469 g/mol. The number of nitrogens with one attached hydrogen (secondary N) is 4. The van der Waals surface area contributed by atoms with E-state index in [1.807, 2.05) is 0 Å². The predicted molar refractivity (Wildman–Crippen MR) is 116 cm³/mol. The molecule has 1 heterocycles. The lowest BCUT2D eigenvalue weighted by molar-refractivity contribution is -0.139. The molecule has 0 radical (unpaired) electrons. The summed E-state index contributed by atoms with van der Waals surface area (Å²) in [6.45, 7) is 0.734. The van der Waals surface area contributed by atoms with Gasteiger partial charge in [0.25, 0.3) is 0 Å². The number of carbonyl (C=O) groups is 4. The summed E-state index contributed by atoms with van der Waals surface area (Å²) in [4.78, 5) is 58.7. The number of H-pyrrole nitrogens is 1. The van der Waals surface area contributed by atoms with Crippen LogP contribution >= 0.6 is 0 Å². The van der Waals surface area contributed by atoms with Crippen LogP contribution in [0, 0.1) is 0 Å². The zero-order valence-electron chi connectivity index (χ0n) is 18.2. The number of amides is 3. The van der Waals surface area contributed by atoms with Crippen molar-refractivity contribution in [3.8, 4) is 0 Å². The van der Waals surface area contributed by atoms with Gasteiger partial charge in [-0.2, -0.15) is 0 Å². The minimum absolute atomic E-state index is 0.0917. The van der Waals surface area contributed by atoms with Gasteiger partial charge in [-0.1, -0.05) is 0 Å². The molecule has 0 aromatic carbocycles. The van der Waals surface area contributed by atoms with Gasteiger partial charge in [-0.15, -0.1) is 0 Å². The highest BCUT2D eigenvalue weighted by atomic mass is 16.4. The van der Waals surface area contributed by atoms with Crippen molar-refractivity contribution in [1.82, 2.24) is 25.9 Å². The number of aromatic nitrogens is 2. The van der Waals surface area contributed by atoms with Crippen LogP contribution in [-0.2, 0) is 25.6 Å². The van der Waals surface area contributed by atoms with Crippen LogP contribution in [0.25, 0.3) is 0 Å². The summed E-state index contributed by atoms with van der Waals surface area (Å²) < 4.78 is 0. The van der Waals surface area contributed by atoms with Gasteiger partial charge < -0.3 is 48.3 Å². The van der Waals surface area contributed by atoms with E-state index in [9.17, 15) is 24.3 Å². The van der Waals surface area contributed by atoms with E-state index in [0.717, 1.165) is 0 Å². The van der Waals surface area contributed by atoms with Gasteiger partial charge in [0.05, 0.1) is 18.5 Å². The quantitative estimate of drug-likeness (QED) is 0.0721. The molecule has 4 unspecified atom stereocenters. The molecule has 0 aliphatic carbocycles. The number of aromatic amines is 1. The van der Waals surface area contributed by atoms with Crippen molar-refractivity contribution in [2.45, 2.75) is 50.4 Å². The Kier molecular flexibility index (Phi) is 11.3. The molecule has 0 saturated carbocycles. The number of carboxylic acids is 1. The molecule has 1 aromatic rings. The van der Waals surface area contributed by atoms with Crippen LogP contribution in [0.15, 0.2) is 17.5 Å². The zero-order chi connectivity index (χ0) is 25.0. The molecule has 0 spiro atoms. The van der Waals surface area contributed by atoms with Gasteiger partial charge in [0.2, 0.25) is 17.7 Å². The fourth-order valence-corrected chi connectivity index (χ4v) is 2.71. The number of rotatable bonds is 14. The Hall–Kier alpha value is -3.72. The first kappa shape index (κ1) is 27.3. The lowest BCUT2D eigenvalue weighted by Gasteiger charge is -2.25. The van der Waals surface area contributed by atoms with Crippen molar-refractivity contribution < 1.29 is 29.4 Å². The first-order valence-electron chi connectivity index (χ1n) is 10.1. The van der Waals surface area contributed by atoms with E-state index in [0.29, 0.717) is 12.1 Å². The summed E-state index contributed by atoms with van der Waals surface area (Å²) >= 11 is 0. The minimum Gasteiger partial charge on any atom is -0.480 e. The van der Waals surface area contributed by atoms with E-state index in [1.54, 1.807) is 0 Å². The zero-order valence-corrected chi connectivity index (χ0v) is 18.2. The number of aliphatic hydroxyl groups excluding tert-OH is 1. The van der Waals surface area contributed by atoms with Crippen LogP contribution in [0.5, 0.6) is 0 Å². The van der Waals surface area contributed by atoms with Gasteiger partial charge in [-0.05, 0) is 19.8 Å². The Morgan fingerprint density at radius 3 is 2.42 bits per heavy atom. The van der Waals surface area contributed by atoms with Crippen LogP contribution in [0.3, 0.4) is 0 Å². The number of aliphatic carboxylic acids is 1. The molecule has 0 aliphatic heterocycles. The van der Waals surface area contributed by atoms with Crippen LogP contribution in [0.4, 0.5) is 0 Å². The van der Waals surface area contributed by atoms with Crippen molar-refractivity contribution in [3.63, 3.8) is 0 Å². The second kappa shape index (κ2) is 13.6. The first-order valence-corrected chi connectivity index (χ1v) is 10.1. The molecule has 33 heavy (non-hydrogen) atoms. The standard InChI is InChI=1S/C18H31N9O6/c1-9(28)14(17(33)24-7-13(29)30)27-16(32)12(3-2-4-23-18(20)21)26-15(31)11(19)5-10-6-22-8-25-10/h6,8-9,11-12,14,28H,2-5,7,19H2,1H3,(H,22,25)(H,24,33)(H,26,31)(H,27,32)(H,29,30)(H4,20,21,23). The van der Waals surface area contributed by atoms with Gasteiger partial charge in [0, 0.05) is 24.9 Å². The molecule has 1 aromatic heterocycles. The SMILES string of the molecule is CC(O)C(NC(=O)C(CCCN=C(N)N)NC(=O)C(N)Cc1cnc[nH]1)C(=O)NCC(=O)O. The maximum absolute atomic E-state index is 12.8. The lowest BCUT2D eigenvalue weighted by atomic mass is 10.1. The van der Waals surface area contributed by atoms with Gasteiger partial charge in [0.15, 0.2) is 5.96 Å². The predicted octanol–water partition coefficient (Wildman–Crippen LogP) is -4.12. The van der Waals surface area contributed by atoms with Crippen LogP contribution < -0.4 is 33.2 Å². The number of aliphatic hydroxyl groups is 1. The Morgan fingerprint density at radius 1 is 1.18 bits per heavy atom. The van der Waals surface area contributed by atoms with Gasteiger partial charge in [-0.3, -0.25) is 24.2 Å². The van der Waals surface area contributed by atoms with Crippen molar-refractivity contribution >= 4 is 29.7 Å². The molecule has 3 amide bonds. The second-order valence-corrected chi connectivity index (χ2v) is 7.24. The third-order valence-corrected chi connectivity index (χ3v) is 4.39. The number of aliphatic imine (C=N–C) groups is 1. The van der Waals surface area contributed by atoms with Crippen LogP contribution in [0.2, 0.25) is 0 Å². The highest BCUT2D eigenvalue weighted by molar-refractivity contribution is 5.94. The number of hydrogen-bond acceptors (Lipinski definition) is 8. The third-order valence-electron chi connectivity index (χ3n) is 4.39. The van der Waals surface area contributed by atoms with E-state index < -0.39 is 54.5 Å². The third kappa shape index (κ3) is 10.4. The van der Waals surface area contributed by atoms with Crippen molar-refractivity contribution in [2.75, 3.05) is 13.1 Å². The first-order chi connectivity index (χ1) is 15.5. The fraction of sp³-hybridized carbons (Fsp3) is 0.556. The molecule has 184 valence electrons. The molecule has 4 atom stereocenters. The van der Waals surface area contributed by atoms with Crippen molar-refractivity contribution in [3.05, 3.63) is 18.2 Å². The molecule has 0 fully saturated rings. The highest BCUT2D eigenvalue weighted by Crippen LogP contribution is 2.04. The summed E-state index contributed by atoms with van der Waals surface area (Å²) in [6, 6.07) is -3.58. The van der Waals surface area contributed by atoms with Gasteiger partial charge >= 0.3 is 5.97 Å². The number of hydrogen-bond donors (Lipinski definition) is 9. The van der Waals surface area contributed by atoms with E-state index in [-0.39, 0.29) is 25.3 Å². The van der Waals surface area contributed by atoms with E-state index in [4.69, 9.17) is 22.3 Å². The van der Waals surface area contributed by atoms with E-state index in [2.05, 4.69) is 30.9 Å². The summed E-state index contributed by atoms with van der Waals surface area (Å²) in [5, 5.41) is 25.5. The molecule has 15 nitrogen and oxygen atoms in total. The largest absolute Gasteiger partial charge is 0.480 e. The fourth-order valence-electron chi connectivity index (χ4n) is 2.71. The summed E-state index contributed by atoms with van der Waals surface area (Å²) in [7, 11) is 0. The second-order valence-electron chi connectivity index (χ2n) is 7.24. The smallest absolute Gasteiger partial charge is 0.322 e. The van der Waals surface area contributed by atoms with Gasteiger partial charge in [0.1, 0.15) is 18.6 Å². The Balaban J connectivity index is 2.87.